The predicted octanol–water partition coefficient (Wildman–Crippen LogP) is 3.18. The van der Waals surface area contributed by atoms with Gasteiger partial charge in [-0.2, -0.15) is 10.4 Å². The zero-order valence-corrected chi connectivity index (χ0v) is 15.2. The molecule has 0 aliphatic rings. The molecule has 0 atom stereocenters. The number of aryl methyl sites for hydroxylation is 1. The molecule has 0 spiro atoms. The van der Waals surface area contributed by atoms with Crippen molar-refractivity contribution >= 4 is 11.5 Å². The maximum Gasteiger partial charge on any atom is 0.169 e. The Morgan fingerprint density at radius 3 is 2.17 bits per heavy atom. The highest BCUT2D eigenvalue weighted by molar-refractivity contribution is 5.58. The van der Waals surface area contributed by atoms with E-state index in [2.05, 4.69) is 52.4 Å². The largest absolute Gasteiger partial charge is 0.378 e. The van der Waals surface area contributed by atoms with Crippen LogP contribution in [-0.2, 0) is 19.4 Å². The van der Waals surface area contributed by atoms with Crippen LogP contribution >= 0.6 is 0 Å². The molecule has 0 saturated carbocycles. The molecule has 0 radical (unpaired) electrons. The zero-order valence-electron chi connectivity index (χ0n) is 15.2. The lowest BCUT2D eigenvalue weighted by Gasteiger charge is -2.21. The van der Waals surface area contributed by atoms with Crippen LogP contribution < -0.4 is 9.80 Å². The van der Waals surface area contributed by atoms with Crippen LogP contribution in [-0.4, -0.2) is 31.3 Å². The van der Waals surface area contributed by atoms with Crippen molar-refractivity contribution in [3.8, 4) is 6.07 Å². The van der Waals surface area contributed by atoms with Gasteiger partial charge in [-0.1, -0.05) is 26.0 Å². The third kappa shape index (κ3) is 3.65. The Labute approximate surface area is 144 Å². The van der Waals surface area contributed by atoms with Crippen LogP contribution in [0, 0.1) is 11.3 Å². The summed E-state index contributed by atoms with van der Waals surface area (Å²) in [7, 11) is 6.00. The van der Waals surface area contributed by atoms with Gasteiger partial charge in [0.05, 0.1) is 5.69 Å². The van der Waals surface area contributed by atoms with Gasteiger partial charge in [0.15, 0.2) is 5.82 Å². The van der Waals surface area contributed by atoms with E-state index in [1.807, 2.05) is 33.0 Å². The van der Waals surface area contributed by atoms with Gasteiger partial charge in [0.2, 0.25) is 0 Å². The molecule has 0 saturated heterocycles. The summed E-state index contributed by atoms with van der Waals surface area (Å²) >= 11 is 0. The molecule has 5 heteroatoms. The summed E-state index contributed by atoms with van der Waals surface area (Å²) in [5.41, 5.74) is 4.92. The fraction of sp³-hybridized carbons (Fsp3) is 0.421. The van der Waals surface area contributed by atoms with E-state index in [4.69, 9.17) is 0 Å². The smallest absolute Gasteiger partial charge is 0.169 e. The van der Waals surface area contributed by atoms with Crippen LogP contribution in [0.1, 0.15) is 36.2 Å². The van der Waals surface area contributed by atoms with Crippen molar-refractivity contribution in [3.63, 3.8) is 0 Å². The molecule has 0 aliphatic heterocycles. The third-order valence-corrected chi connectivity index (χ3v) is 4.17. The Kier molecular flexibility index (Phi) is 5.75. The highest BCUT2D eigenvalue weighted by Gasteiger charge is 2.17. The standard InChI is InChI=1S/C19H25N5/c1-6-16-17(12-20)19(22-21-18(16)7-2)24(5)13-14-8-10-15(11-9-14)23(3)4/h8-11H,6-7,13H2,1-5H3. The molecule has 0 fully saturated rings. The van der Waals surface area contributed by atoms with Gasteiger partial charge in [0.25, 0.3) is 0 Å². The summed E-state index contributed by atoms with van der Waals surface area (Å²) in [6.45, 7) is 4.78. The minimum absolute atomic E-state index is 0.650. The van der Waals surface area contributed by atoms with Gasteiger partial charge in [-0.3, -0.25) is 0 Å². The molecule has 0 aliphatic carbocycles. The quantitative estimate of drug-likeness (QED) is 0.817. The number of benzene rings is 1. The van der Waals surface area contributed by atoms with Crippen molar-refractivity contribution in [1.82, 2.24) is 10.2 Å². The Morgan fingerprint density at radius 2 is 1.67 bits per heavy atom. The Hall–Kier alpha value is -2.61. The first-order chi connectivity index (χ1) is 11.5. The lowest BCUT2D eigenvalue weighted by molar-refractivity contribution is 0.819. The molecule has 1 aromatic carbocycles. The number of anilines is 2. The van der Waals surface area contributed by atoms with Crippen LogP contribution in [0.5, 0.6) is 0 Å². The number of hydrogen-bond donors (Lipinski definition) is 0. The van der Waals surface area contributed by atoms with Crippen molar-refractivity contribution in [2.45, 2.75) is 33.2 Å². The lowest BCUT2D eigenvalue weighted by Crippen LogP contribution is -2.21. The van der Waals surface area contributed by atoms with Crippen LogP contribution in [0.25, 0.3) is 0 Å². The van der Waals surface area contributed by atoms with E-state index in [0.717, 1.165) is 24.1 Å². The minimum atomic E-state index is 0.650. The molecular formula is C19H25N5. The Bertz CT molecular complexity index is 729. The SMILES string of the molecule is CCc1nnc(N(C)Cc2ccc(N(C)C)cc2)c(C#N)c1CC. The molecule has 1 aromatic heterocycles. The number of rotatable bonds is 6. The van der Waals surface area contributed by atoms with Gasteiger partial charge >= 0.3 is 0 Å². The first-order valence-corrected chi connectivity index (χ1v) is 8.27. The number of nitrogens with zero attached hydrogens (tertiary/aromatic N) is 5. The molecule has 5 nitrogen and oxygen atoms in total. The van der Waals surface area contributed by atoms with Crippen molar-refractivity contribution < 1.29 is 0 Å². The summed E-state index contributed by atoms with van der Waals surface area (Å²) < 4.78 is 0. The predicted molar refractivity (Wildman–Crippen MR) is 98.4 cm³/mol. The van der Waals surface area contributed by atoms with Gasteiger partial charge in [-0.25, -0.2) is 0 Å². The molecule has 0 amide bonds. The summed E-state index contributed by atoms with van der Waals surface area (Å²) in [4.78, 5) is 4.07. The van der Waals surface area contributed by atoms with Crippen molar-refractivity contribution in [2.75, 3.05) is 30.9 Å². The Morgan fingerprint density at radius 1 is 1.00 bits per heavy atom. The molecular weight excluding hydrogens is 298 g/mol. The number of nitriles is 1. The van der Waals surface area contributed by atoms with Gasteiger partial charge in [-0.05, 0) is 36.1 Å². The second kappa shape index (κ2) is 7.78. The van der Waals surface area contributed by atoms with E-state index in [1.54, 1.807) is 0 Å². The minimum Gasteiger partial charge on any atom is -0.378 e. The molecule has 2 rings (SSSR count). The second-order valence-electron chi connectivity index (χ2n) is 6.06. The summed E-state index contributed by atoms with van der Waals surface area (Å²) in [5, 5.41) is 18.3. The van der Waals surface area contributed by atoms with Crippen LogP contribution in [0.15, 0.2) is 24.3 Å². The molecule has 0 bridgehead atoms. The van der Waals surface area contributed by atoms with E-state index < -0.39 is 0 Å². The molecule has 126 valence electrons. The highest BCUT2D eigenvalue weighted by Crippen LogP contribution is 2.24. The topological polar surface area (TPSA) is 56.1 Å². The average Bonchev–Trinajstić information content (AvgIpc) is 2.60. The van der Waals surface area contributed by atoms with Crippen molar-refractivity contribution in [3.05, 3.63) is 46.6 Å². The van der Waals surface area contributed by atoms with Gasteiger partial charge < -0.3 is 9.80 Å². The molecule has 2 aromatic rings. The first kappa shape index (κ1) is 17.7. The highest BCUT2D eigenvalue weighted by atomic mass is 15.2. The fourth-order valence-electron chi connectivity index (χ4n) is 2.80. The van der Waals surface area contributed by atoms with Gasteiger partial charge in [0, 0.05) is 33.4 Å². The average molecular weight is 323 g/mol. The number of hydrogen-bond acceptors (Lipinski definition) is 5. The first-order valence-electron chi connectivity index (χ1n) is 8.27. The summed E-state index contributed by atoms with van der Waals surface area (Å²) in [6, 6.07) is 10.7. The number of aromatic nitrogens is 2. The lowest BCUT2D eigenvalue weighted by atomic mass is 10.0. The van der Waals surface area contributed by atoms with E-state index >= 15 is 0 Å². The maximum absolute atomic E-state index is 9.61. The van der Waals surface area contributed by atoms with E-state index in [0.29, 0.717) is 17.9 Å². The van der Waals surface area contributed by atoms with Crippen LogP contribution in [0.3, 0.4) is 0 Å². The van der Waals surface area contributed by atoms with Gasteiger partial charge in [0.1, 0.15) is 11.6 Å². The van der Waals surface area contributed by atoms with Crippen LogP contribution in [0.2, 0.25) is 0 Å². The van der Waals surface area contributed by atoms with Crippen molar-refractivity contribution in [1.29, 1.82) is 5.26 Å². The van der Waals surface area contributed by atoms with E-state index in [1.165, 1.54) is 11.3 Å². The maximum atomic E-state index is 9.61. The Balaban J connectivity index is 2.29. The summed E-state index contributed by atoms with van der Waals surface area (Å²) in [5.74, 6) is 0.656. The van der Waals surface area contributed by atoms with E-state index in [9.17, 15) is 5.26 Å². The molecule has 0 unspecified atom stereocenters. The van der Waals surface area contributed by atoms with Crippen LogP contribution in [0.4, 0.5) is 11.5 Å². The summed E-state index contributed by atoms with van der Waals surface area (Å²) in [6.07, 6.45) is 1.58. The van der Waals surface area contributed by atoms with Gasteiger partial charge in [-0.15, -0.1) is 5.10 Å². The second-order valence-corrected chi connectivity index (χ2v) is 6.06. The molecule has 1 heterocycles. The molecule has 24 heavy (non-hydrogen) atoms. The zero-order chi connectivity index (χ0) is 17.7. The fourth-order valence-corrected chi connectivity index (χ4v) is 2.80. The normalized spacial score (nSPS) is 10.3. The van der Waals surface area contributed by atoms with Crippen molar-refractivity contribution in [2.24, 2.45) is 0 Å². The van der Waals surface area contributed by atoms with E-state index in [-0.39, 0.29) is 0 Å². The third-order valence-electron chi connectivity index (χ3n) is 4.17. The monoisotopic (exact) mass is 323 g/mol. The molecule has 0 N–H and O–H groups in total.